The zero-order valence-electron chi connectivity index (χ0n) is 18.7. The van der Waals surface area contributed by atoms with Gasteiger partial charge in [0.25, 0.3) is 5.56 Å². The molecule has 170 valence electrons. The quantitative estimate of drug-likeness (QED) is 0.318. The van der Waals surface area contributed by atoms with E-state index in [0.29, 0.717) is 47.3 Å². The number of hydrogen-bond acceptors (Lipinski definition) is 6. The van der Waals surface area contributed by atoms with Crippen molar-refractivity contribution in [1.29, 1.82) is 0 Å². The number of hydrogen-bond donors (Lipinski definition) is 0. The fourth-order valence-electron chi connectivity index (χ4n) is 3.89. The van der Waals surface area contributed by atoms with Crippen LogP contribution in [-0.4, -0.2) is 19.7 Å². The first-order valence-corrected chi connectivity index (χ1v) is 11.7. The molecule has 0 spiro atoms. The van der Waals surface area contributed by atoms with Gasteiger partial charge in [-0.25, -0.2) is 9.37 Å². The lowest BCUT2D eigenvalue weighted by Gasteiger charge is -2.16. The molecule has 0 atom stereocenters. The first kappa shape index (κ1) is 21.9. The van der Waals surface area contributed by atoms with Crippen molar-refractivity contribution in [3.63, 3.8) is 0 Å². The molecule has 8 heteroatoms. The standard InChI is InChI=1S/C26H21FN4O2S/c1-16-23(22-14-20(15-34-22)24-29-17(2)33-30-24)26(32)31(12-11-18-7-4-3-5-8-18)25(28-16)19-9-6-10-21(27)13-19/h3-10,13-15H,11-12H2,1-2H3. The average molecular weight is 473 g/mol. The number of halogens is 1. The average Bonchev–Trinajstić information content (AvgIpc) is 3.48. The van der Waals surface area contributed by atoms with Crippen LogP contribution in [-0.2, 0) is 13.0 Å². The normalized spacial score (nSPS) is 11.1. The second-order valence-corrected chi connectivity index (χ2v) is 8.85. The maximum Gasteiger partial charge on any atom is 0.262 e. The van der Waals surface area contributed by atoms with Crippen molar-refractivity contribution in [3.8, 4) is 33.2 Å². The molecule has 0 saturated heterocycles. The molecule has 6 nitrogen and oxygen atoms in total. The van der Waals surface area contributed by atoms with Crippen LogP contribution < -0.4 is 5.56 Å². The molecule has 0 amide bonds. The van der Waals surface area contributed by atoms with Crippen LogP contribution in [0.1, 0.15) is 17.1 Å². The summed E-state index contributed by atoms with van der Waals surface area (Å²) in [5.74, 6) is 1.03. The van der Waals surface area contributed by atoms with E-state index in [0.717, 1.165) is 16.0 Å². The van der Waals surface area contributed by atoms with E-state index in [1.807, 2.05) is 41.8 Å². The molecule has 5 aromatic rings. The molecule has 0 N–H and O–H groups in total. The smallest absolute Gasteiger partial charge is 0.262 e. The van der Waals surface area contributed by atoms with E-state index in [-0.39, 0.29) is 11.4 Å². The molecule has 0 bridgehead atoms. The summed E-state index contributed by atoms with van der Waals surface area (Å²) in [4.78, 5) is 23.6. The Morgan fingerprint density at radius 1 is 1.00 bits per heavy atom. The Kier molecular flexibility index (Phi) is 5.90. The van der Waals surface area contributed by atoms with Crippen molar-refractivity contribution in [3.05, 3.63) is 99.4 Å². The number of aromatic nitrogens is 4. The van der Waals surface area contributed by atoms with Crippen LogP contribution in [0.25, 0.3) is 33.2 Å². The predicted octanol–water partition coefficient (Wildman–Crippen LogP) is 5.69. The van der Waals surface area contributed by atoms with Gasteiger partial charge in [0.05, 0.1) is 11.3 Å². The first-order chi connectivity index (χ1) is 16.5. The Morgan fingerprint density at radius 2 is 1.82 bits per heavy atom. The lowest BCUT2D eigenvalue weighted by atomic mass is 10.1. The predicted molar refractivity (Wildman–Crippen MR) is 130 cm³/mol. The van der Waals surface area contributed by atoms with Gasteiger partial charge < -0.3 is 4.52 Å². The SMILES string of the molecule is Cc1nc(-c2csc(-c3c(C)nc(-c4cccc(F)c4)n(CCc4ccccc4)c3=O)c2)no1. The van der Waals surface area contributed by atoms with Gasteiger partial charge in [-0.2, -0.15) is 4.98 Å². The molecule has 0 aliphatic heterocycles. The van der Waals surface area contributed by atoms with Crippen molar-refractivity contribution in [2.75, 3.05) is 0 Å². The van der Waals surface area contributed by atoms with Gasteiger partial charge in [0, 0.05) is 34.9 Å². The lowest BCUT2D eigenvalue weighted by Crippen LogP contribution is -2.27. The van der Waals surface area contributed by atoms with Gasteiger partial charge in [0.2, 0.25) is 11.7 Å². The van der Waals surface area contributed by atoms with Crippen LogP contribution in [0.4, 0.5) is 4.39 Å². The molecule has 0 radical (unpaired) electrons. The van der Waals surface area contributed by atoms with Gasteiger partial charge in [-0.05, 0) is 37.1 Å². The zero-order valence-corrected chi connectivity index (χ0v) is 19.5. The van der Waals surface area contributed by atoms with Crippen LogP contribution >= 0.6 is 11.3 Å². The van der Waals surface area contributed by atoms with Gasteiger partial charge in [0.1, 0.15) is 11.6 Å². The van der Waals surface area contributed by atoms with E-state index in [1.165, 1.54) is 23.5 Å². The van der Waals surface area contributed by atoms with Gasteiger partial charge in [-0.1, -0.05) is 47.6 Å². The fourth-order valence-corrected chi connectivity index (χ4v) is 4.86. The lowest BCUT2D eigenvalue weighted by molar-refractivity contribution is 0.394. The molecule has 0 aliphatic carbocycles. The minimum Gasteiger partial charge on any atom is -0.339 e. The molecule has 0 unspecified atom stereocenters. The van der Waals surface area contributed by atoms with Gasteiger partial charge in [0.15, 0.2) is 0 Å². The number of aryl methyl sites for hydroxylation is 3. The van der Waals surface area contributed by atoms with Crippen LogP contribution in [0.3, 0.4) is 0 Å². The molecule has 34 heavy (non-hydrogen) atoms. The van der Waals surface area contributed by atoms with Gasteiger partial charge in [-0.3, -0.25) is 9.36 Å². The fraction of sp³-hybridized carbons (Fsp3) is 0.154. The second kappa shape index (κ2) is 9.15. The van der Waals surface area contributed by atoms with Gasteiger partial charge in [-0.15, -0.1) is 11.3 Å². The van der Waals surface area contributed by atoms with Crippen LogP contribution in [0, 0.1) is 19.7 Å². The molecule has 0 fully saturated rings. The number of thiophene rings is 1. The summed E-state index contributed by atoms with van der Waals surface area (Å²) < 4.78 is 20.7. The van der Waals surface area contributed by atoms with E-state index >= 15 is 0 Å². The molecular formula is C26H21FN4O2S. The Bertz CT molecular complexity index is 1520. The summed E-state index contributed by atoms with van der Waals surface area (Å²) in [6.45, 7) is 3.95. The van der Waals surface area contributed by atoms with Gasteiger partial charge >= 0.3 is 0 Å². The number of nitrogens with zero attached hydrogens (tertiary/aromatic N) is 4. The van der Waals surface area contributed by atoms with Crippen LogP contribution in [0.2, 0.25) is 0 Å². The van der Waals surface area contributed by atoms with E-state index in [9.17, 15) is 9.18 Å². The Labute approximate surface area is 199 Å². The van der Waals surface area contributed by atoms with Crippen molar-refractivity contribution in [2.45, 2.75) is 26.8 Å². The monoisotopic (exact) mass is 472 g/mol. The number of rotatable bonds is 6. The zero-order chi connectivity index (χ0) is 23.7. The highest BCUT2D eigenvalue weighted by Gasteiger charge is 2.20. The van der Waals surface area contributed by atoms with Crippen molar-refractivity contribution in [2.24, 2.45) is 0 Å². The highest BCUT2D eigenvalue weighted by atomic mass is 32.1. The van der Waals surface area contributed by atoms with Crippen LogP contribution in [0.5, 0.6) is 0 Å². The molecule has 3 heterocycles. The molecule has 5 rings (SSSR count). The summed E-state index contributed by atoms with van der Waals surface area (Å²) in [5.41, 5.74) is 3.38. The third-order valence-corrected chi connectivity index (χ3v) is 6.48. The van der Waals surface area contributed by atoms with E-state index in [1.54, 1.807) is 30.5 Å². The van der Waals surface area contributed by atoms with Crippen molar-refractivity contribution >= 4 is 11.3 Å². The Morgan fingerprint density at radius 3 is 2.56 bits per heavy atom. The Hall–Kier alpha value is -3.91. The Balaban J connectivity index is 1.62. The molecule has 0 aliphatic rings. The largest absolute Gasteiger partial charge is 0.339 e. The van der Waals surface area contributed by atoms with E-state index in [2.05, 4.69) is 10.1 Å². The highest BCUT2D eigenvalue weighted by molar-refractivity contribution is 7.14. The second-order valence-electron chi connectivity index (χ2n) is 7.94. The molecular weight excluding hydrogens is 451 g/mol. The maximum atomic E-state index is 14.0. The number of benzene rings is 2. The maximum absolute atomic E-state index is 14.0. The molecule has 0 saturated carbocycles. The summed E-state index contributed by atoms with van der Waals surface area (Å²) in [6.07, 6.45) is 0.644. The minimum atomic E-state index is -0.374. The molecule has 2 aromatic carbocycles. The van der Waals surface area contributed by atoms with E-state index in [4.69, 9.17) is 9.51 Å². The van der Waals surface area contributed by atoms with Crippen molar-refractivity contribution in [1.82, 2.24) is 19.7 Å². The molecule has 3 aromatic heterocycles. The summed E-state index contributed by atoms with van der Waals surface area (Å²) >= 11 is 1.43. The summed E-state index contributed by atoms with van der Waals surface area (Å²) in [6, 6.07) is 18.0. The third kappa shape index (κ3) is 4.32. The highest BCUT2D eigenvalue weighted by Crippen LogP contribution is 2.32. The van der Waals surface area contributed by atoms with E-state index < -0.39 is 0 Å². The first-order valence-electron chi connectivity index (χ1n) is 10.8. The van der Waals surface area contributed by atoms with Crippen molar-refractivity contribution < 1.29 is 8.91 Å². The topological polar surface area (TPSA) is 73.8 Å². The summed E-state index contributed by atoms with van der Waals surface area (Å²) in [5, 5.41) is 5.86. The third-order valence-electron chi connectivity index (χ3n) is 5.53. The van der Waals surface area contributed by atoms with Crippen LogP contribution in [0.15, 0.2) is 75.4 Å². The minimum absolute atomic E-state index is 0.166. The summed E-state index contributed by atoms with van der Waals surface area (Å²) in [7, 11) is 0.